The molecule has 0 saturated carbocycles. The molecule has 1 N–H and O–H groups in total. The largest absolute Gasteiger partial charge is 0.454 e. The summed E-state index contributed by atoms with van der Waals surface area (Å²) in [7, 11) is 1.80. The number of carbonyl (C=O) groups excluding carboxylic acids is 2. The summed E-state index contributed by atoms with van der Waals surface area (Å²) in [6.45, 7) is 1.48. The van der Waals surface area contributed by atoms with Crippen LogP contribution in [0.15, 0.2) is 66.9 Å². The normalized spacial score (nSPS) is 11.2. The number of aromatic nitrogens is 4. The minimum Gasteiger partial charge on any atom is -0.454 e. The Morgan fingerprint density at radius 3 is 2.59 bits per heavy atom. The number of Topliss-reactive ketones (excluding diaryl/α,β-unsaturated/α-hetero) is 1. The summed E-state index contributed by atoms with van der Waals surface area (Å²) in [5.74, 6) is -0.877. The highest BCUT2D eigenvalue weighted by molar-refractivity contribution is 6.14. The van der Waals surface area contributed by atoms with Crippen LogP contribution < -0.4 is 0 Å². The monoisotopic (exact) mass is 424 g/mol. The van der Waals surface area contributed by atoms with Gasteiger partial charge in [-0.15, -0.1) is 0 Å². The second kappa shape index (κ2) is 7.77. The molecule has 0 radical (unpaired) electrons. The van der Waals surface area contributed by atoms with Crippen LogP contribution in [0.2, 0.25) is 0 Å². The van der Waals surface area contributed by atoms with Crippen molar-refractivity contribution in [2.24, 2.45) is 7.05 Å². The average Bonchev–Trinajstić information content (AvgIpc) is 3.35. The summed E-state index contributed by atoms with van der Waals surface area (Å²) in [5.41, 5.74) is 4.69. The second-order valence-corrected chi connectivity index (χ2v) is 7.59. The Hall–Kier alpha value is -4.26. The topological polar surface area (TPSA) is 89.9 Å². The molecular formula is C25H20N4O3. The maximum atomic E-state index is 13.2. The molecule has 0 amide bonds. The molecule has 3 heterocycles. The van der Waals surface area contributed by atoms with E-state index in [9.17, 15) is 9.59 Å². The minimum absolute atomic E-state index is 0.277. The molecule has 158 valence electrons. The van der Waals surface area contributed by atoms with Gasteiger partial charge in [0.25, 0.3) is 0 Å². The molecule has 2 aromatic carbocycles. The number of nitrogens with zero attached hydrogens (tertiary/aromatic N) is 3. The number of carbonyl (C=O) groups is 2. The van der Waals surface area contributed by atoms with Crippen LogP contribution in [0.4, 0.5) is 0 Å². The van der Waals surface area contributed by atoms with Crippen LogP contribution in [-0.2, 0) is 11.8 Å². The Kier molecular flexibility index (Phi) is 4.78. The molecular weight excluding hydrogens is 404 g/mol. The lowest BCUT2D eigenvalue weighted by molar-refractivity contribution is 0.0475. The van der Waals surface area contributed by atoms with E-state index >= 15 is 0 Å². The summed E-state index contributed by atoms with van der Waals surface area (Å²) in [4.78, 5) is 33.5. The van der Waals surface area contributed by atoms with Gasteiger partial charge in [0.2, 0.25) is 5.78 Å². The molecule has 0 atom stereocenters. The molecule has 3 aromatic heterocycles. The molecule has 7 heteroatoms. The molecule has 0 bridgehead atoms. The number of H-pyrrole nitrogens is 1. The number of hydrogen-bond acceptors (Lipinski definition) is 5. The van der Waals surface area contributed by atoms with Crippen LogP contribution in [0, 0.1) is 6.92 Å². The predicted molar refractivity (Wildman–Crippen MR) is 122 cm³/mol. The Morgan fingerprint density at radius 2 is 1.78 bits per heavy atom. The van der Waals surface area contributed by atoms with Gasteiger partial charge in [0.1, 0.15) is 0 Å². The van der Waals surface area contributed by atoms with Crippen molar-refractivity contribution in [3.63, 3.8) is 0 Å². The molecule has 0 aliphatic carbocycles. The molecule has 0 unspecified atom stereocenters. The smallest absolute Gasteiger partial charge is 0.340 e. The minimum atomic E-state index is -0.600. The third-order valence-electron chi connectivity index (χ3n) is 5.48. The van der Waals surface area contributed by atoms with Crippen molar-refractivity contribution in [2.45, 2.75) is 6.92 Å². The number of aryl methyl sites for hydroxylation is 2. The van der Waals surface area contributed by atoms with Gasteiger partial charge in [-0.2, -0.15) is 5.10 Å². The first-order chi connectivity index (χ1) is 15.5. The van der Waals surface area contributed by atoms with Crippen LogP contribution in [0.1, 0.15) is 26.4 Å². The fourth-order valence-corrected chi connectivity index (χ4v) is 3.96. The molecule has 0 aliphatic rings. The first-order valence-corrected chi connectivity index (χ1v) is 10.2. The van der Waals surface area contributed by atoms with E-state index in [4.69, 9.17) is 4.74 Å². The van der Waals surface area contributed by atoms with Crippen molar-refractivity contribution in [2.75, 3.05) is 6.61 Å². The zero-order valence-corrected chi connectivity index (χ0v) is 17.6. The number of hydrogen-bond donors (Lipinski definition) is 1. The molecule has 0 spiro atoms. The van der Waals surface area contributed by atoms with Crippen molar-refractivity contribution >= 4 is 33.7 Å². The number of rotatable bonds is 5. The molecule has 5 aromatic rings. The van der Waals surface area contributed by atoms with Crippen molar-refractivity contribution in [3.05, 3.63) is 83.7 Å². The summed E-state index contributed by atoms with van der Waals surface area (Å²) < 4.78 is 7.04. The lowest BCUT2D eigenvalue weighted by atomic mass is 10.0. The van der Waals surface area contributed by atoms with Gasteiger partial charge in [0, 0.05) is 29.5 Å². The van der Waals surface area contributed by atoms with Gasteiger partial charge in [-0.05, 0) is 24.6 Å². The van der Waals surface area contributed by atoms with Crippen molar-refractivity contribution in [3.8, 4) is 11.3 Å². The van der Waals surface area contributed by atoms with E-state index in [1.807, 2.05) is 61.5 Å². The SMILES string of the molecule is Cc1nn(C)c2ncc(C(=O)OCC(=O)c3c(-c4ccccc4)[nH]c4ccccc34)cc12. The standard InChI is InChI=1S/C25H20N4O3/c1-15-19-12-17(13-26-24(19)29(2)28-15)25(31)32-14-21(30)22-18-10-6-7-11-20(18)27-23(22)16-8-4-3-5-9-16/h3-13,27H,14H2,1-2H3. The molecule has 32 heavy (non-hydrogen) atoms. The van der Waals surface area contributed by atoms with E-state index in [2.05, 4.69) is 15.1 Å². The van der Waals surface area contributed by atoms with E-state index in [1.54, 1.807) is 17.8 Å². The lowest BCUT2D eigenvalue weighted by Crippen LogP contribution is -2.15. The Bertz CT molecular complexity index is 1480. The molecule has 5 rings (SSSR count). The number of benzene rings is 2. The van der Waals surface area contributed by atoms with Gasteiger partial charge < -0.3 is 9.72 Å². The highest BCUT2D eigenvalue weighted by Gasteiger charge is 2.21. The van der Waals surface area contributed by atoms with Gasteiger partial charge in [-0.3, -0.25) is 9.48 Å². The highest BCUT2D eigenvalue weighted by Crippen LogP contribution is 2.30. The quantitative estimate of drug-likeness (QED) is 0.332. The maximum Gasteiger partial charge on any atom is 0.340 e. The highest BCUT2D eigenvalue weighted by atomic mass is 16.5. The van der Waals surface area contributed by atoms with Crippen LogP contribution >= 0.6 is 0 Å². The van der Waals surface area contributed by atoms with Crippen molar-refractivity contribution in [1.29, 1.82) is 0 Å². The van der Waals surface area contributed by atoms with E-state index in [1.165, 1.54) is 6.20 Å². The number of esters is 1. The average molecular weight is 424 g/mol. The molecule has 0 aliphatic heterocycles. The Balaban J connectivity index is 1.43. The Labute approximate surface area is 183 Å². The first-order valence-electron chi connectivity index (χ1n) is 10.2. The van der Waals surface area contributed by atoms with Crippen LogP contribution in [0.3, 0.4) is 0 Å². The summed E-state index contributed by atoms with van der Waals surface area (Å²) in [6.07, 6.45) is 1.44. The fraction of sp³-hybridized carbons (Fsp3) is 0.120. The lowest BCUT2D eigenvalue weighted by Gasteiger charge is -2.07. The number of para-hydroxylation sites is 1. The molecule has 0 fully saturated rings. The fourth-order valence-electron chi connectivity index (χ4n) is 3.96. The summed E-state index contributed by atoms with van der Waals surface area (Å²) in [5, 5.41) is 5.88. The van der Waals surface area contributed by atoms with Gasteiger partial charge in [0.05, 0.1) is 22.5 Å². The van der Waals surface area contributed by atoms with E-state index in [0.29, 0.717) is 16.9 Å². The van der Waals surface area contributed by atoms with Crippen LogP contribution in [0.25, 0.3) is 33.2 Å². The number of aromatic amines is 1. The van der Waals surface area contributed by atoms with E-state index in [0.717, 1.165) is 27.5 Å². The third kappa shape index (κ3) is 3.33. The number of ether oxygens (including phenoxy) is 1. The first kappa shape index (κ1) is 19.7. The van der Waals surface area contributed by atoms with Gasteiger partial charge in [0.15, 0.2) is 12.3 Å². The molecule has 0 saturated heterocycles. The molecule has 7 nitrogen and oxygen atoms in total. The van der Waals surface area contributed by atoms with Crippen molar-refractivity contribution < 1.29 is 14.3 Å². The predicted octanol–water partition coefficient (Wildman–Crippen LogP) is 4.46. The van der Waals surface area contributed by atoms with E-state index < -0.39 is 5.97 Å². The van der Waals surface area contributed by atoms with Gasteiger partial charge in [-0.1, -0.05) is 48.5 Å². The summed E-state index contributed by atoms with van der Waals surface area (Å²) in [6, 6.07) is 18.9. The van der Waals surface area contributed by atoms with E-state index in [-0.39, 0.29) is 18.0 Å². The summed E-state index contributed by atoms with van der Waals surface area (Å²) >= 11 is 0. The number of ketones is 1. The van der Waals surface area contributed by atoms with Crippen LogP contribution in [-0.4, -0.2) is 38.1 Å². The second-order valence-electron chi connectivity index (χ2n) is 7.59. The number of nitrogens with one attached hydrogen (secondary N) is 1. The Morgan fingerprint density at radius 1 is 1.03 bits per heavy atom. The van der Waals surface area contributed by atoms with Gasteiger partial charge in [-0.25, -0.2) is 9.78 Å². The number of pyridine rings is 1. The zero-order valence-electron chi connectivity index (χ0n) is 17.6. The maximum absolute atomic E-state index is 13.2. The third-order valence-corrected chi connectivity index (χ3v) is 5.48. The van der Waals surface area contributed by atoms with Crippen molar-refractivity contribution in [1.82, 2.24) is 19.7 Å². The van der Waals surface area contributed by atoms with Crippen LogP contribution in [0.5, 0.6) is 0 Å². The number of fused-ring (bicyclic) bond motifs is 2. The van der Waals surface area contributed by atoms with Gasteiger partial charge >= 0.3 is 5.97 Å². The zero-order chi connectivity index (χ0) is 22.2.